The molecule has 1 aliphatic heterocycles. The molecule has 1 fully saturated rings. The molecular formula is C10H14N2O4. The van der Waals surface area contributed by atoms with Crippen molar-refractivity contribution in [3.8, 4) is 11.8 Å². The van der Waals surface area contributed by atoms with Crippen molar-refractivity contribution >= 4 is 12.0 Å². The second-order valence-electron chi connectivity index (χ2n) is 3.23. The van der Waals surface area contributed by atoms with Crippen LogP contribution in [-0.2, 0) is 9.53 Å². The first-order valence-electron chi connectivity index (χ1n) is 4.92. The van der Waals surface area contributed by atoms with Crippen LogP contribution in [0.4, 0.5) is 4.79 Å². The molecule has 0 aromatic carbocycles. The minimum Gasteiger partial charge on any atom is -0.479 e. The van der Waals surface area contributed by atoms with Crippen molar-refractivity contribution < 1.29 is 19.4 Å². The molecule has 0 aliphatic carbocycles. The Morgan fingerprint density at radius 3 is 3.00 bits per heavy atom. The number of nitrogens with zero attached hydrogens (tertiary/aromatic N) is 1. The summed E-state index contributed by atoms with van der Waals surface area (Å²) in [6, 6.07) is -0.308. The van der Waals surface area contributed by atoms with E-state index in [1.54, 1.807) is 6.92 Å². The van der Waals surface area contributed by atoms with Gasteiger partial charge in [-0.15, -0.1) is 5.92 Å². The highest BCUT2D eigenvalue weighted by molar-refractivity contribution is 5.77. The largest absolute Gasteiger partial charge is 0.479 e. The van der Waals surface area contributed by atoms with Gasteiger partial charge in [0.25, 0.3) is 0 Å². The van der Waals surface area contributed by atoms with E-state index >= 15 is 0 Å². The number of urea groups is 1. The number of morpholine rings is 1. The average Bonchev–Trinajstić information content (AvgIpc) is 2.29. The second kappa shape index (κ2) is 5.98. The molecule has 1 heterocycles. The molecule has 6 heteroatoms. The molecule has 6 nitrogen and oxygen atoms in total. The van der Waals surface area contributed by atoms with Crippen molar-refractivity contribution in [1.82, 2.24) is 10.2 Å². The lowest BCUT2D eigenvalue weighted by molar-refractivity contribution is -0.154. The third kappa shape index (κ3) is 3.44. The standard InChI is InChI=1S/C10H14N2O4/c1-2-3-4-11-10(15)12-5-6-16-8(7-12)9(13)14/h8H,4-7H2,1H3,(H,11,15)(H,13,14). The van der Waals surface area contributed by atoms with E-state index in [1.165, 1.54) is 4.90 Å². The maximum atomic E-state index is 11.5. The molecule has 0 saturated carbocycles. The zero-order chi connectivity index (χ0) is 12.0. The van der Waals surface area contributed by atoms with Crippen LogP contribution in [-0.4, -0.2) is 54.4 Å². The van der Waals surface area contributed by atoms with E-state index < -0.39 is 12.1 Å². The van der Waals surface area contributed by atoms with Crippen LogP contribution < -0.4 is 5.32 Å². The Morgan fingerprint density at radius 2 is 2.38 bits per heavy atom. The van der Waals surface area contributed by atoms with Gasteiger partial charge in [0, 0.05) is 6.54 Å². The molecule has 1 saturated heterocycles. The van der Waals surface area contributed by atoms with E-state index in [9.17, 15) is 9.59 Å². The first kappa shape index (κ1) is 12.3. The lowest BCUT2D eigenvalue weighted by atomic mass is 10.3. The van der Waals surface area contributed by atoms with Crippen LogP contribution in [0.5, 0.6) is 0 Å². The fraction of sp³-hybridized carbons (Fsp3) is 0.600. The van der Waals surface area contributed by atoms with Gasteiger partial charge in [0.1, 0.15) is 0 Å². The summed E-state index contributed by atoms with van der Waals surface area (Å²) in [5.74, 6) is 4.30. The van der Waals surface area contributed by atoms with E-state index in [2.05, 4.69) is 17.2 Å². The first-order chi connectivity index (χ1) is 7.65. The number of amides is 2. The van der Waals surface area contributed by atoms with Crippen molar-refractivity contribution in [3.63, 3.8) is 0 Å². The summed E-state index contributed by atoms with van der Waals surface area (Å²) < 4.78 is 5.00. The monoisotopic (exact) mass is 226 g/mol. The number of rotatable bonds is 2. The number of hydrogen-bond acceptors (Lipinski definition) is 3. The van der Waals surface area contributed by atoms with E-state index in [0.29, 0.717) is 6.54 Å². The van der Waals surface area contributed by atoms with Gasteiger partial charge in [-0.25, -0.2) is 9.59 Å². The van der Waals surface area contributed by atoms with Gasteiger partial charge in [-0.05, 0) is 6.92 Å². The predicted octanol–water partition coefficient (Wildman–Crippen LogP) is -0.495. The summed E-state index contributed by atoms with van der Waals surface area (Å²) in [5, 5.41) is 11.3. The highest BCUT2D eigenvalue weighted by atomic mass is 16.5. The summed E-state index contributed by atoms with van der Waals surface area (Å²) in [5.41, 5.74) is 0. The number of aliphatic carboxylic acids is 1. The minimum absolute atomic E-state index is 0.0702. The molecule has 1 aliphatic rings. The summed E-state index contributed by atoms with van der Waals surface area (Å²) in [4.78, 5) is 23.6. The van der Waals surface area contributed by atoms with Crippen LogP contribution in [0.25, 0.3) is 0 Å². The van der Waals surface area contributed by atoms with Crippen LogP contribution in [0.15, 0.2) is 0 Å². The van der Waals surface area contributed by atoms with E-state index in [0.717, 1.165) is 0 Å². The molecule has 0 aromatic rings. The molecule has 1 rings (SSSR count). The van der Waals surface area contributed by atoms with Gasteiger partial charge in [0.2, 0.25) is 0 Å². The summed E-state index contributed by atoms with van der Waals surface area (Å²) in [6.45, 7) is 2.66. The second-order valence-corrected chi connectivity index (χ2v) is 3.23. The van der Waals surface area contributed by atoms with Gasteiger partial charge >= 0.3 is 12.0 Å². The number of carbonyl (C=O) groups excluding carboxylic acids is 1. The van der Waals surface area contributed by atoms with Crippen LogP contribution in [0, 0.1) is 11.8 Å². The molecule has 1 unspecified atom stereocenters. The Kier molecular flexibility index (Phi) is 4.61. The molecule has 0 aromatic heterocycles. The minimum atomic E-state index is -1.05. The topological polar surface area (TPSA) is 78.9 Å². The lowest BCUT2D eigenvalue weighted by Gasteiger charge is -2.30. The number of hydrogen-bond donors (Lipinski definition) is 2. The molecule has 2 N–H and O–H groups in total. The molecular weight excluding hydrogens is 212 g/mol. The van der Waals surface area contributed by atoms with Crippen LogP contribution in [0.2, 0.25) is 0 Å². The number of ether oxygens (including phenoxy) is 1. The third-order valence-corrected chi connectivity index (χ3v) is 2.13. The van der Waals surface area contributed by atoms with E-state index in [4.69, 9.17) is 9.84 Å². The Hall–Kier alpha value is -1.74. The molecule has 0 spiro atoms. The maximum absolute atomic E-state index is 11.5. The maximum Gasteiger partial charge on any atom is 0.334 e. The van der Waals surface area contributed by atoms with Crippen LogP contribution in [0.3, 0.4) is 0 Å². The SMILES string of the molecule is CC#CCNC(=O)N1CCOC(C(=O)O)C1. The zero-order valence-electron chi connectivity index (χ0n) is 9.02. The Labute approximate surface area is 93.6 Å². The number of carbonyl (C=O) groups is 2. The number of nitrogens with one attached hydrogen (secondary N) is 1. The van der Waals surface area contributed by atoms with Gasteiger partial charge in [0.05, 0.1) is 19.7 Å². The number of carboxylic acid groups (broad SMARTS) is 1. The van der Waals surface area contributed by atoms with Gasteiger partial charge in [-0.1, -0.05) is 5.92 Å². The Bertz CT molecular complexity index is 331. The summed E-state index contributed by atoms with van der Waals surface area (Å²) >= 11 is 0. The molecule has 16 heavy (non-hydrogen) atoms. The van der Waals surface area contributed by atoms with Crippen molar-refractivity contribution in [3.05, 3.63) is 0 Å². The lowest BCUT2D eigenvalue weighted by Crippen LogP contribution is -2.51. The summed E-state index contributed by atoms with van der Waals surface area (Å²) in [7, 11) is 0. The number of carboxylic acids is 1. The van der Waals surface area contributed by atoms with E-state index in [1.807, 2.05) is 0 Å². The van der Waals surface area contributed by atoms with Gasteiger partial charge in [-0.2, -0.15) is 0 Å². The third-order valence-electron chi connectivity index (χ3n) is 2.13. The van der Waals surface area contributed by atoms with Crippen molar-refractivity contribution in [1.29, 1.82) is 0 Å². The van der Waals surface area contributed by atoms with Gasteiger partial charge < -0.3 is 20.1 Å². The fourth-order valence-electron chi connectivity index (χ4n) is 1.30. The van der Waals surface area contributed by atoms with Gasteiger partial charge in [-0.3, -0.25) is 0 Å². The average molecular weight is 226 g/mol. The van der Waals surface area contributed by atoms with Crippen LogP contribution in [0.1, 0.15) is 6.92 Å². The smallest absolute Gasteiger partial charge is 0.334 e. The summed E-state index contributed by atoms with van der Waals surface area (Å²) in [6.07, 6.45) is -0.934. The first-order valence-corrected chi connectivity index (χ1v) is 4.92. The Balaban J connectivity index is 2.42. The highest BCUT2D eigenvalue weighted by Gasteiger charge is 2.28. The van der Waals surface area contributed by atoms with Crippen molar-refractivity contribution in [2.45, 2.75) is 13.0 Å². The normalized spacial score (nSPS) is 19.6. The molecule has 0 bridgehead atoms. The zero-order valence-corrected chi connectivity index (χ0v) is 9.02. The molecule has 2 amide bonds. The van der Waals surface area contributed by atoms with Gasteiger partial charge in [0.15, 0.2) is 6.10 Å². The molecule has 88 valence electrons. The van der Waals surface area contributed by atoms with Crippen molar-refractivity contribution in [2.75, 3.05) is 26.2 Å². The fourth-order valence-corrected chi connectivity index (χ4v) is 1.30. The van der Waals surface area contributed by atoms with Crippen molar-refractivity contribution in [2.24, 2.45) is 0 Å². The Morgan fingerprint density at radius 1 is 1.62 bits per heavy atom. The quantitative estimate of drug-likeness (QED) is 0.622. The molecule has 0 radical (unpaired) electrons. The predicted molar refractivity (Wildman–Crippen MR) is 55.8 cm³/mol. The van der Waals surface area contributed by atoms with E-state index in [-0.39, 0.29) is 25.7 Å². The highest BCUT2D eigenvalue weighted by Crippen LogP contribution is 2.05. The molecule has 1 atom stereocenters. The van der Waals surface area contributed by atoms with Crippen LogP contribution >= 0.6 is 0 Å².